The number of hydrogen-bond acceptors (Lipinski definition) is 7. The summed E-state index contributed by atoms with van der Waals surface area (Å²) < 4.78 is 34.2. The van der Waals surface area contributed by atoms with Gasteiger partial charge in [-0.2, -0.15) is 4.31 Å². The van der Waals surface area contributed by atoms with Gasteiger partial charge in [0.1, 0.15) is 23.6 Å². The average Bonchev–Trinajstić information content (AvgIpc) is 2.92. The molecule has 9 heteroatoms. The van der Waals surface area contributed by atoms with Gasteiger partial charge >= 0.3 is 0 Å². The van der Waals surface area contributed by atoms with Gasteiger partial charge in [0.25, 0.3) is 0 Å². The third kappa shape index (κ3) is 4.45. The van der Waals surface area contributed by atoms with Crippen molar-refractivity contribution in [2.45, 2.75) is 56.4 Å². The maximum absolute atomic E-state index is 13.5. The van der Waals surface area contributed by atoms with Crippen LogP contribution in [0.2, 0.25) is 0 Å². The Bertz CT molecular complexity index is 1390. The third-order valence-corrected chi connectivity index (χ3v) is 11.0. The first-order chi connectivity index (χ1) is 18.5. The van der Waals surface area contributed by atoms with Crippen molar-refractivity contribution in [1.82, 2.24) is 19.3 Å². The summed E-state index contributed by atoms with van der Waals surface area (Å²) in [5, 5.41) is 3.70. The van der Waals surface area contributed by atoms with Crippen LogP contribution in [0.15, 0.2) is 60.0 Å². The number of nitrogens with one attached hydrogen (secondary N) is 1. The van der Waals surface area contributed by atoms with Gasteiger partial charge in [-0.05, 0) is 105 Å². The van der Waals surface area contributed by atoms with E-state index < -0.39 is 10.0 Å². The van der Waals surface area contributed by atoms with Crippen LogP contribution in [0.4, 0.5) is 5.82 Å². The second-order valence-corrected chi connectivity index (χ2v) is 13.7. The van der Waals surface area contributed by atoms with Crippen molar-refractivity contribution in [3.05, 3.63) is 66.4 Å². The van der Waals surface area contributed by atoms with Crippen LogP contribution in [-0.2, 0) is 23.0 Å². The van der Waals surface area contributed by atoms with Crippen LogP contribution in [0.1, 0.15) is 49.8 Å². The van der Waals surface area contributed by atoms with E-state index in [2.05, 4.69) is 20.3 Å². The van der Waals surface area contributed by atoms with Crippen molar-refractivity contribution in [2.75, 3.05) is 18.4 Å². The molecule has 8 rings (SSSR count). The topological polar surface area (TPSA) is 97.3 Å². The van der Waals surface area contributed by atoms with E-state index in [9.17, 15) is 8.42 Å². The van der Waals surface area contributed by atoms with E-state index in [-0.39, 0.29) is 11.4 Å². The number of benzene rings is 1. The molecule has 2 aromatic heterocycles. The molecule has 0 spiro atoms. The van der Waals surface area contributed by atoms with Crippen molar-refractivity contribution >= 4 is 15.8 Å². The smallest absolute Gasteiger partial charge is 0.243 e. The molecule has 5 aliphatic rings. The third-order valence-electron chi connectivity index (χ3n) is 9.11. The van der Waals surface area contributed by atoms with Crippen LogP contribution in [-0.4, -0.2) is 40.8 Å². The molecule has 198 valence electrons. The quantitative estimate of drug-likeness (QED) is 0.456. The number of pyridine rings is 1. The lowest BCUT2D eigenvalue weighted by molar-refractivity contribution is -0.0444. The van der Waals surface area contributed by atoms with Gasteiger partial charge in [0, 0.05) is 31.0 Å². The molecule has 3 aromatic rings. The average molecular weight is 532 g/mol. The number of sulfonamides is 1. The molecule has 0 saturated heterocycles. The zero-order valence-electron chi connectivity index (χ0n) is 21.4. The van der Waals surface area contributed by atoms with Crippen LogP contribution in [0.25, 0.3) is 0 Å². The van der Waals surface area contributed by atoms with Crippen molar-refractivity contribution in [2.24, 2.45) is 23.2 Å². The molecule has 4 fully saturated rings. The number of anilines is 1. The summed E-state index contributed by atoms with van der Waals surface area (Å²) in [4.78, 5) is 13.3. The van der Waals surface area contributed by atoms with Crippen LogP contribution in [0.3, 0.4) is 0 Å². The number of nitrogens with zero attached hydrogens (tertiary/aromatic N) is 4. The highest BCUT2D eigenvalue weighted by Crippen LogP contribution is 2.60. The molecular formula is C29H33N5O3S. The predicted octanol–water partition coefficient (Wildman–Crippen LogP) is 5.04. The molecule has 3 heterocycles. The molecule has 38 heavy (non-hydrogen) atoms. The Hall–Kier alpha value is -3.04. The van der Waals surface area contributed by atoms with Gasteiger partial charge < -0.3 is 10.1 Å². The molecule has 1 N–H and O–H groups in total. The molecule has 0 radical (unpaired) electrons. The second kappa shape index (κ2) is 9.31. The van der Waals surface area contributed by atoms with E-state index in [1.165, 1.54) is 42.8 Å². The first-order valence-electron chi connectivity index (χ1n) is 13.7. The maximum Gasteiger partial charge on any atom is 0.243 e. The van der Waals surface area contributed by atoms with Crippen LogP contribution >= 0.6 is 0 Å². The number of rotatable bonds is 7. The van der Waals surface area contributed by atoms with Gasteiger partial charge in [-0.1, -0.05) is 0 Å². The Morgan fingerprint density at radius 2 is 1.58 bits per heavy atom. The van der Waals surface area contributed by atoms with Gasteiger partial charge in [-0.3, -0.25) is 4.98 Å². The van der Waals surface area contributed by atoms with Crippen molar-refractivity contribution in [3.8, 4) is 11.5 Å². The lowest BCUT2D eigenvalue weighted by Gasteiger charge is -2.57. The van der Waals surface area contributed by atoms with E-state index in [0.717, 1.165) is 41.4 Å². The van der Waals surface area contributed by atoms with Gasteiger partial charge in [-0.25, -0.2) is 18.4 Å². The fourth-order valence-electron chi connectivity index (χ4n) is 7.84. The largest absolute Gasteiger partial charge is 0.457 e. The zero-order chi connectivity index (χ0) is 25.7. The fourth-order valence-corrected chi connectivity index (χ4v) is 9.24. The molecule has 8 nitrogen and oxygen atoms in total. The first-order valence-corrected chi connectivity index (χ1v) is 15.1. The SMILES string of the molecule is O=S(=O)(c1ccc(Oc2ccncc2)cc1)N1CCc2c(ncnc2NCC23CC4CC(CC(C4)C2)C3)C1. The predicted molar refractivity (Wildman–Crippen MR) is 143 cm³/mol. The molecule has 1 aliphatic heterocycles. The summed E-state index contributed by atoms with van der Waals surface area (Å²) >= 11 is 0. The van der Waals surface area contributed by atoms with Gasteiger partial charge in [0.15, 0.2) is 0 Å². The van der Waals surface area contributed by atoms with Crippen molar-refractivity contribution < 1.29 is 13.2 Å². The Balaban J connectivity index is 1.04. The molecular weight excluding hydrogens is 498 g/mol. The summed E-state index contributed by atoms with van der Waals surface area (Å²) in [6.07, 6.45) is 13.8. The Kier molecular flexibility index (Phi) is 5.89. The van der Waals surface area contributed by atoms with E-state index in [1.807, 2.05) is 0 Å². The molecule has 4 saturated carbocycles. The summed E-state index contributed by atoms with van der Waals surface area (Å²) in [5.41, 5.74) is 2.26. The highest BCUT2D eigenvalue weighted by molar-refractivity contribution is 7.89. The zero-order valence-corrected chi connectivity index (χ0v) is 22.2. The second-order valence-electron chi connectivity index (χ2n) is 11.8. The lowest BCUT2D eigenvalue weighted by atomic mass is 9.49. The molecule has 1 aromatic carbocycles. The van der Waals surface area contributed by atoms with E-state index in [0.29, 0.717) is 29.9 Å². The molecule has 0 atom stereocenters. The Morgan fingerprint density at radius 1 is 0.921 bits per heavy atom. The van der Waals surface area contributed by atoms with Crippen molar-refractivity contribution in [1.29, 1.82) is 0 Å². The standard InChI is InChI=1S/C29H33N5O3S/c35-38(36,25-3-1-23(2-4-25)37-24-5-8-30-9-6-24)34-10-7-26-27(17-34)32-19-33-28(26)31-18-29-14-20-11-21(15-29)13-22(12-20)16-29/h1-6,8-9,19-22H,7,10-18H2,(H,31,32,33). The summed E-state index contributed by atoms with van der Waals surface area (Å²) in [6.45, 7) is 1.63. The van der Waals surface area contributed by atoms with Gasteiger partial charge in [0.05, 0.1) is 17.1 Å². The molecule has 0 amide bonds. The number of ether oxygens (including phenoxy) is 1. The van der Waals surface area contributed by atoms with Gasteiger partial charge in [0.2, 0.25) is 10.0 Å². The normalized spacial score (nSPS) is 28.2. The van der Waals surface area contributed by atoms with E-state index in [4.69, 9.17) is 4.74 Å². The molecule has 4 bridgehead atoms. The molecule has 0 unspecified atom stereocenters. The Morgan fingerprint density at radius 3 is 2.26 bits per heavy atom. The van der Waals surface area contributed by atoms with Crippen LogP contribution in [0, 0.1) is 23.2 Å². The van der Waals surface area contributed by atoms with Crippen molar-refractivity contribution in [3.63, 3.8) is 0 Å². The van der Waals surface area contributed by atoms with E-state index >= 15 is 0 Å². The maximum atomic E-state index is 13.5. The first kappa shape index (κ1) is 24.0. The minimum atomic E-state index is -3.66. The highest BCUT2D eigenvalue weighted by Gasteiger charge is 2.50. The minimum Gasteiger partial charge on any atom is -0.457 e. The lowest BCUT2D eigenvalue weighted by Crippen LogP contribution is -2.49. The summed E-state index contributed by atoms with van der Waals surface area (Å²) in [6, 6.07) is 10.1. The number of hydrogen-bond donors (Lipinski definition) is 1. The fraction of sp³-hybridized carbons (Fsp3) is 0.483. The van der Waals surface area contributed by atoms with Gasteiger partial charge in [-0.15, -0.1) is 0 Å². The summed E-state index contributed by atoms with van der Waals surface area (Å²) in [5.74, 6) is 4.85. The number of fused-ring (bicyclic) bond motifs is 1. The molecule has 4 aliphatic carbocycles. The van der Waals surface area contributed by atoms with Crippen LogP contribution < -0.4 is 10.1 Å². The highest BCUT2D eigenvalue weighted by atomic mass is 32.2. The minimum absolute atomic E-state index is 0.247. The van der Waals surface area contributed by atoms with Crippen LogP contribution in [0.5, 0.6) is 11.5 Å². The summed E-state index contributed by atoms with van der Waals surface area (Å²) in [7, 11) is -3.66. The Labute approximate surface area is 223 Å². The van der Waals surface area contributed by atoms with E-state index in [1.54, 1.807) is 55.1 Å². The monoisotopic (exact) mass is 531 g/mol. The number of aromatic nitrogens is 3.